The SMILES string of the molecule is Cc1ccc(C)c(Oc2nc(Cl)nc(-n3cncn3)n2)c1. The van der Waals surface area contributed by atoms with Gasteiger partial charge in [-0.3, -0.25) is 0 Å². The normalized spacial score (nSPS) is 10.6. The summed E-state index contributed by atoms with van der Waals surface area (Å²) in [6, 6.07) is 5.98. The van der Waals surface area contributed by atoms with E-state index in [-0.39, 0.29) is 17.2 Å². The molecule has 0 spiro atoms. The summed E-state index contributed by atoms with van der Waals surface area (Å²) in [5.41, 5.74) is 2.05. The van der Waals surface area contributed by atoms with Crippen LogP contribution in [0.2, 0.25) is 5.28 Å². The molecule has 0 amide bonds. The van der Waals surface area contributed by atoms with Crippen LogP contribution < -0.4 is 4.74 Å². The number of aryl methyl sites for hydroxylation is 2. The van der Waals surface area contributed by atoms with Crippen molar-refractivity contribution < 1.29 is 4.74 Å². The van der Waals surface area contributed by atoms with E-state index in [1.807, 2.05) is 32.0 Å². The van der Waals surface area contributed by atoms with Gasteiger partial charge in [-0.2, -0.15) is 24.7 Å². The third-order valence-corrected chi connectivity index (χ3v) is 2.91. The molecule has 0 aliphatic heterocycles. The molecule has 7 nitrogen and oxygen atoms in total. The minimum atomic E-state index is 0.0239. The predicted octanol–water partition coefficient (Wildman–Crippen LogP) is 2.51. The maximum atomic E-state index is 5.90. The molecule has 0 saturated heterocycles. The molecule has 0 atom stereocenters. The van der Waals surface area contributed by atoms with Crippen molar-refractivity contribution in [3.8, 4) is 17.7 Å². The lowest BCUT2D eigenvalue weighted by Crippen LogP contribution is -2.05. The minimum absolute atomic E-state index is 0.0239. The third-order valence-electron chi connectivity index (χ3n) is 2.74. The van der Waals surface area contributed by atoms with Gasteiger partial charge in [-0.1, -0.05) is 12.1 Å². The van der Waals surface area contributed by atoms with Gasteiger partial charge in [-0.25, -0.2) is 4.98 Å². The summed E-state index contributed by atoms with van der Waals surface area (Å²) < 4.78 is 7.08. The molecule has 2 aromatic heterocycles. The van der Waals surface area contributed by atoms with Crippen LogP contribution in [0.25, 0.3) is 5.95 Å². The van der Waals surface area contributed by atoms with Gasteiger partial charge in [-0.05, 0) is 42.6 Å². The molecule has 0 radical (unpaired) electrons. The molecular weight excluding hydrogens is 292 g/mol. The molecule has 2 heterocycles. The molecular formula is C13H11ClN6O. The topological polar surface area (TPSA) is 78.6 Å². The maximum absolute atomic E-state index is 5.90. The largest absolute Gasteiger partial charge is 0.424 e. The van der Waals surface area contributed by atoms with Crippen LogP contribution in [0.15, 0.2) is 30.9 Å². The first kappa shape index (κ1) is 13.4. The van der Waals surface area contributed by atoms with E-state index >= 15 is 0 Å². The van der Waals surface area contributed by atoms with Gasteiger partial charge in [0, 0.05) is 0 Å². The summed E-state index contributed by atoms with van der Waals surface area (Å²) >= 11 is 5.90. The zero-order valence-corrected chi connectivity index (χ0v) is 12.1. The van der Waals surface area contributed by atoms with Gasteiger partial charge in [-0.15, -0.1) is 0 Å². The number of hydrogen-bond donors (Lipinski definition) is 0. The van der Waals surface area contributed by atoms with E-state index in [1.54, 1.807) is 0 Å². The molecule has 0 fully saturated rings. The van der Waals surface area contributed by atoms with Gasteiger partial charge in [0.15, 0.2) is 0 Å². The Hall–Kier alpha value is -2.54. The fourth-order valence-corrected chi connectivity index (χ4v) is 1.85. The molecule has 0 aliphatic carbocycles. The number of hydrogen-bond acceptors (Lipinski definition) is 6. The van der Waals surface area contributed by atoms with Crippen LogP contribution in [0.5, 0.6) is 11.8 Å². The summed E-state index contributed by atoms with van der Waals surface area (Å²) in [4.78, 5) is 16.0. The molecule has 3 aromatic rings. The Kier molecular flexibility index (Phi) is 3.49. The lowest BCUT2D eigenvalue weighted by atomic mass is 10.1. The minimum Gasteiger partial charge on any atom is -0.424 e. The number of aromatic nitrogens is 6. The Morgan fingerprint density at radius 1 is 1.14 bits per heavy atom. The summed E-state index contributed by atoms with van der Waals surface area (Å²) in [7, 11) is 0. The lowest BCUT2D eigenvalue weighted by Gasteiger charge is -2.08. The first-order chi connectivity index (χ1) is 10.1. The zero-order chi connectivity index (χ0) is 14.8. The zero-order valence-electron chi connectivity index (χ0n) is 11.4. The Labute approximate surface area is 125 Å². The molecule has 1 aromatic carbocycles. The average Bonchev–Trinajstić information content (AvgIpc) is 2.96. The van der Waals surface area contributed by atoms with E-state index < -0.39 is 0 Å². The van der Waals surface area contributed by atoms with Gasteiger partial charge in [0.1, 0.15) is 18.4 Å². The van der Waals surface area contributed by atoms with Crippen molar-refractivity contribution in [2.75, 3.05) is 0 Å². The smallest absolute Gasteiger partial charge is 0.328 e. The number of halogens is 1. The Morgan fingerprint density at radius 3 is 2.76 bits per heavy atom. The highest BCUT2D eigenvalue weighted by Crippen LogP contribution is 2.24. The summed E-state index contributed by atoms with van der Waals surface area (Å²) in [6.07, 6.45) is 2.84. The Bertz CT molecular complexity index is 774. The van der Waals surface area contributed by atoms with Crippen molar-refractivity contribution in [1.82, 2.24) is 29.7 Å². The van der Waals surface area contributed by atoms with E-state index in [1.165, 1.54) is 17.3 Å². The van der Waals surface area contributed by atoms with Crippen LogP contribution in [0.1, 0.15) is 11.1 Å². The number of nitrogens with zero attached hydrogens (tertiary/aromatic N) is 6. The predicted molar refractivity (Wildman–Crippen MR) is 75.7 cm³/mol. The first-order valence-corrected chi connectivity index (χ1v) is 6.51. The second kappa shape index (κ2) is 5.45. The highest BCUT2D eigenvalue weighted by Gasteiger charge is 2.10. The number of benzene rings is 1. The Balaban J connectivity index is 1.97. The highest BCUT2D eigenvalue weighted by molar-refractivity contribution is 6.28. The van der Waals surface area contributed by atoms with Gasteiger partial charge in [0.2, 0.25) is 5.28 Å². The standard InChI is InChI=1S/C13H11ClN6O/c1-8-3-4-9(2)10(5-8)21-13-18-11(14)17-12(19-13)20-7-15-6-16-20/h3-7H,1-2H3. The van der Waals surface area contributed by atoms with Crippen molar-refractivity contribution in [3.63, 3.8) is 0 Å². The monoisotopic (exact) mass is 302 g/mol. The first-order valence-electron chi connectivity index (χ1n) is 6.13. The van der Waals surface area contributed by atoms with Crippen molar-refractivity contribution in [1.29, 1.82) is 0 Å². The molecule has 106 valence electrons. The van der Waals surface area contributed by atoms with Crippen LogP contribution in [0, 0.1) is 13.8 Å². The molecule has 0 saturated carbocycles. The fraction of sp³-hybridized carbons (Fsp3) is 0.154. The molecule has 0 unspecified atom stereocenters. The number of ether oxygens (including phenoxy) is 1. The van der Waals surface area contributed by atoms with Crippen LogP contribution in [0.3, 0.4) is 0 Å². The lowest BCUT2D eigenvalue weighted by molar-refractivity contribution is 0.434. The third kappa shape index (κ3) is 2.97. The second-order valence-corrected chi connectivity index (χ2v) is 4.74. The van der Waals surface area contributed by atoms with E-state index in [0.29, 0.717) is 5.75 Å². The van der Waals surface area contributed by atoms with Gasteiger partial charge >= 0.3 is 6.01 Å². The van der Waals surface area contributed by atoms with Crippen LogP contribution in [0.4, 0.5) is 0 Å². The summed E-state index contributed by atoms with van der Waals surface area (Å²) in [5, 5.41) is 3.97. The van der Waals surface area contributed by atoms with E-state index in [4.69, 9.17) is 16.3 Å². The average molecular weight is 303 g/mol. The molecule has 0 N–H and O–H groups in total. The van der Waals surface area contributed by atoms with Crippen molar-refractivity contribution in [2.45, 2.75) is 13.8 Å². The van der Waals surface area contributed by atoms with Crippen LogP contribution in [-0.2, 0) is 0 Å². The molecule has 0 aliphatic rings. The summed E-state index contributed by atoms with van der Waals surface area (Å²) in [5.74, 6) is 0.912. The highest BCUT2D eigenvalue weighted by atomic mass is 35.5. The van der Waals surface area contributed by atoms with Crippen LogP contribution in [-0.4, -0.2) is 29.7 Å². The quantitative estimate of drug-likeness (QED) is 0.739. The van der Waals surface area contributed by atoms with E-state index in [0.717, 1.165) is 11.1 Å². The Morgan fingerprint density at radius 2 is 2.00 bits per heavy atom. The maximum Gasteiger partial charge on any atom is 0.328 e. The molecule has 8 heteroatoms. The van der Waals surface area contributed by atoms with Gasteiger partial charge in [0.25, 0.3) is 5.95 Å². The fourth-order valence-electron chi connectivity index (χ4n) is 1.70. The molecule has 0 bridgehead atoms. The van der Waals surface area contributed by atoms with Crippen molar-refractivity contribution in [2.24, 2.45) is 0 Å². The number of rotatable bonds is 3. The van der Waals surface area contributed by atoms with Crippen molar-refractivity contribution >= 4 is 11.6 Å². The molecule has 3 rings (SSSR count). The van der Waals surface area contributed by atoms with Crippen LogP contribution >= 0.6 is 11.6 Å². The van der Waals surface area contributed by atoms with Crippen molar-refractivity contribution in [3.05, 3.63) is 47.3 Å². The second-order valence-electron chi connectivity index (χ2n) is 4.40. The van der Waals surface area contributed by atoms with E-state index in [2.05, 4.69) is 25.0 Å². The van der Waals surface area contributed by atoms with Gasteiger partial charge < -0.3 is 4.74 Å². The molecule has 21 heavy (non-hydrogen) atoms. The van der Waals surface area contributed by atoms with Gasteiger partial charge in [0.05, 0.1) is 0 Å². The summed E-state index contributed by atoms with van der Waals surface area (Å²) in [6.45, 7) is 3.92. The van der Waals surface area contributed by atoms with E-state index in [9.17, 15) is 0 Å².